The zero-order chi connectivity index (χ0) is 18.2. The zero-order valence-electron chi connectivity index (χ0n) is 15.0. The number of guanidine groups is 1. The highest BCUT2D eigenvalue weighted by molar-refractivity contribution is 7.09. The third-order valence-electron chi connectivity index (χ3n) is 3.50. The van der Waals surface area contributed by atoms with Crippen LogP contribution in [0.3, 0.4) is 0 Å². The van der Waals surface area contributed by atoms with Crippen molar-refractivity contribution in [1.82, 2.24) is 15.6 Å². The minimum atomic E-state index is -0.273. The molecule has 0 aliphatic rings. The summed E-state index contributed by atoms with van der Waals surface area (Å²) in [4.78, 5) is 8.79. The second kappa shape index (κ2) is 9.36. The van der Waals surface area contributed by atoms with Gasteiger partial charge in [-0.25, -0.2) is 9.37 Å². The van der Waals surface area contributed by atoms with E-state index in [2.05, 4.69) is 39.8 Å². The molecule has 2 aromatic rings. The van der Waals surface area contributed by atoms with Gasteiger partial charge in [0.2, 0.25) is 0 Å². The van der Waals surface area contributed by atoms with Gasteiger partial charge in [0.05, 0.1) is 18.8 Å². The molecular weight excluding hydrogens is 339 g/mol. The molecule has 0 radical (unpaired) electrons. The first kappa shape index (κ1) is 19.2. The van der Waals surface area contributed by atoms with E-state index in [4.69, 9.17) is 4.74 Å². The SMILES string of the molecule is CN=C(NCc1nc(C(C)C)cs1)NCC(C)Oc1ccc(F)cc1. The molecule has 1 heterocycles. The van der Waals surface area contributed by atoms with Crippen molar-refractivity contribution in [2.75, 3.05) is 13.6 Å². The predicted octanol–water partition coefficient (Wildman–Crippen LogP) is 3.54. The summed E-state index contributed by atoms with van der Waals surface area (Å²) in [6, 6.07) is 6.01. The van der Waals surface area contributed by atoms with E-state index in [1.807, 2.05) is 6.92 Å². The summed E-state index contributed by atoms with van der Waals surface area (Å²) in [6.45, 7) is 7.42. The van der Waals surface area contributed by atoms with Crippen molar-refractivity contribution < 1.29 is 9.13 Å². The van der Waals surface area contributed by atoms with E-state index < -0.39 is 0 Å². The number of thiazole rings is 1. The van der Waals surface area contributed by atoms with Gasteiger partial charge in [0.15, 0.2) is 5.96 Å². The number of aromatic nitrogens is 1. The van der Waals surface area contributed by atoms with Gasteiger partial charge in [-0.3, -0.25) is 4.99 Å². The molecule has 0 bridgehead atoms. The Morgan fingerprint density at radius 3 is 2.56 bits per heavy atom. The van der Waals surface area contributed by atoms with E-state index in [1.54, 1.807) is 30.5 Å². The van der Waals surface area contributed by atoms with E-state index >= 15 is 0 Å². The van der Waals surface area contributed by atoms with E-state index in [0.717, 1.165) is 10.7 Å². The van der Waals surface area contributed by atoms with E-state index in [9.17, 15) is 4.39 Å². The molecule has 0 fully saturated rings. The molecule has 0 spiro atoms. The largest absolute Gasteiger partial charge is 0.489 e. The van der Waals surface area contributed by atoms with Crippen LogP contribution in [0.15, 0.2) is 34.6 Å². The fourth-order valence-electron chi connectivity index (χ4n) is 2.08. The van der Waals surface area contributed by atoms with Crippen LogP contribution >= 0.6 is 11.3 Å². The molecule has 0 aliphatic carbocycles. The van der Waals surface area contributed by atoms with E-state index in [1.165, 1.54) is 12.1 Å². The molecule has 136 valence electrons. The average molecular weight is 364 g/mol. The van der Waals surface area contributed by atoms with Crippen molar-refractivity contribution in [1.29, 1.82) is 0 Å². The van der Waals surface area contributed by atoms with Gasteiger partial charge in [0.1, 0.15) is 22.7 Å². The van der Waals surface area contributed by atoms with Gasteiger partial charge >= 0.3 is 0 Å². The van der Waals surface area contributed by atoms with Gasteiger partial charge in [-0.1, -0.05) is 13.8 Å². The molecule has 1 unspecified atom stereocenters. The first-order valence-electron chi connectivity index (χ1n) is 8.29. The smallest absolute Gasteiger partial charge is 0.191 e. The van der Waals surface area contributed by atoms with Crippen molar-refractivity contribution >= 4 is 17.3 Å². The highest BCUT2D eigenvalue weighted by Crippen LogP contribution is 2.17. The van der Waals surface area contributed by atoms with Crippen LogP contribution in [0.5, 0.6) is 5.75 Å². The second-order valence-corrected chi connectivity index (χ2v) is 6.95. The summed E-state index contributed by atoms with van der Waals surface area (Å²) >= 11 is 1.65. The molecule has 2 rings (SSSR count). The van der Waals surface area contributed by atoms with Crippen LogP contribution in [-0.2, 0) is 6.54 Å². The van der Waals surface area contributed by atoms with Gasteiger partial charge in [0.25, 0.3) is 0 Å². The Labute approximate surface area is 152 Å². The number of ether oxygens (including phenoxy) is 1. The first-order valence-corrected chi connectivity index (χ1v) is 9.17. The molecule has 7 heteroatoms. The van der Waals surface area contributed by atoms with Crippen LogP contribution in [0, 0.1) is 5.82 Å². The van der Waals surface area contributed by atoms with Crippen LogP contribution in [-0.4, -0.2) is 30.6 Å². The minimum absolute atomic E-state index is 0.0867. The van der Waals surface area contributed by atoms with Gasteiger partial charge < -0.3 is 15.4 Å². The number of nitrogens with one attached hydrogen (secondary N) is 2. The summed E-state index contributed by atoms with van der Waals surface area (Å²) in [7, 11) is 1.72. The molecule has 0 amide bonds. The second-order valence-electron chi connectivity index (χ2n) is 6.01. The van der Waals surface area contributed by atoms with Crippen molar-refractivity contribution in [3.63, 3.8) is 0 Å². The third-order valence-corrected chi connectivity index (χ3v) is 4.37. The van der Waals surface area contributed by atoms with Crippen LogP contribution in [0.4, 0.5) is 4.39 Å². The summed E-state index contributed by atoms with van der Waals surface area (Å²) in [5.41, 5.74) is 1.12. The third kappa shape index (κ3) is 6.34. The maximum Gasteiger partial charge on any atom is 0.191 e. The van der Waals surface area contributed by atoms with Crippen LogP contribution in [0.2, 0.25) is 0 Å². The maximum atomic E-state index is 12.9. The van der Waals surface area contributed by atoms with Crippen LogP contribution in [0.1, 0.15) is 37.4 Å². The molecule has 2 N–H and O–H groups in total. The monoisotopic (exact) mass is 364 g/mol. The van der Waals surface area contributed by atoms with Crippen molar-refractivity contribution in [2.45, 2.75) is 39.3 Å². The van der Waals surface area contributed by atoms with Crippen LogP contribution < -0.4 is 15.4 Å². The lowest BCUT2D eigenvalue weighted by Gasteiger charge is -2.17. The molecule has 1 aromatic heterocycles. The fourth-order valence-corrected chi connectivity index (χ4v) is 2.97. The number of hydrogen-bond donors (Lipinski definition) is 2. The number of halogens is 1. The summed E-state index contributed by atoms with van der Waals surface area (Å²) < 4.78 is 18.6. The Kier molecular flexibility index (Phi) is 7.18. The Hall–Kier alpha value is -2.15. The van der Waals surface area contributed by atoms with Crippen molar-refractivity contribution in [3.05, 3.63) is 46.2 Å². The van der Waals surface area contributed by atoms with Crippen molar-refractivity contribution in [2.24, 2.45) is 4.99 Å². The lowest BCUT2D eigenvalue weighted by atomic mass is 10.2. The van der Waals surface area contributed by atoms with Gasteiger partial charge in [-0.2, -0.15) is 0 Å². The summed E-state index contributed by atoms with van der Waals surface area (Å²) in [5.74, 6) is 1.50. The Balaban J connectivity index is 1.76. The number of aliphatic imine (C=N–C) groups is 1. The molecule has 1 atom stereocenters. The summed E-state index contributed by atoms with van der Waals surface area (Å²) in [6.07, 6.45) is -0.0867. The molecule has 0 saturated heterocycles. The highest BCUT2D eigenvalue weighted by atomic mass is 32.1. The average Bonchev–Trinajstić information content (AvgIpc) is 3.06. The van der Waals surface area contributed by atoms with Gasteiger partial charge in [0, 0.05) is 12.4 Å². The van der Waals surface area contributed by atoms with Gasteiger partial charge in [-0.15, -0.1) is 11.3 Å². The lowest BCUT2D eigenvalue weighted by Crippen LogP contribution is -2.41. The lowest BCUT2D eigenvalue weighted by molar-refractivity contribution is 0.223. The van der Waals surface area contributed by atoms with E-state index in [-0.39, 0.29) is 11.9 Å². The Morgan fingerprint density at radius 1 is 1.24 bits per heavy atom. The molecule has 25 heavy (non-hydrogen) atoms. The number of hydrogen-bond acceptors (Lipinski definition) is 4. The summed E-state index contributed by atoms with van der Waals surface area (Å²) in [5, 5.41) is 9.59. The fraction of sp³-hybridized carbons (Fsp3) is 0.444. The van der Waals surface area contributed by atoms with Crippen molar-refractivity contribution in [3.8, 4) is 5.75 Å². The molecule has 5 nitrogen and oxygen atoms in total. The number of benzene rings is 1. The zero-order valence-corrected chi connectivity index (χ0v) is 15.9. The topological polar surface area (TPSA) is 58.5 Å². The molecular formula is C18H25FN4OS. The normalized spacial score (nSPS) is 13.0. The molecule has 1 aromatic carbocycles. The molecule has 0 aliphatic heterocycles. The predicted molar refractivity (Wildman–Crippen MR) is 101 cm³/mol. The van der Waals surface area contributed by atoms with Gasteiger partial charge in [-0.05, 0) is 37.1 Å². The minimum Gasteiger partial charge on any atom is -0.489 e. The van der Waals surface area contributed by atoms with Crippen LogP contribution in [0.25, 0.3) is 0 Å². The number of nitrogens with zero attached hydrogens (tertiary/aromatic N) is 2. The first-order chi connectivity index (χ1) is 12.0. The van der Waals surface area contributed by atoms with E-state index in [0.29, 0.717) is 30.7 Å². The quantitative estimate of drug-likeness (QED) is 0.583. The number of rotatable bonds is 7. The Bertz CT molecular complexity index is 685. The highest BCUT2D eigenvalue weighted by Gasteiger charge is 2.08. The molecule has 0 saturated carbocycles. The standard InChI is InChI=1S/C18H25FN4OS/c1-12(2)16-11-25-17(23-16)10-22-18(20-4)21-9-13(3)24-15-7-5-14(19)6-8-15/h5-8,11-13H,9-10H2,1-4H3,(H2,20,21,22). The maximum absolute atomic E-state index is 12.9. The Morgan fingerprint density at radius 2 is 1.96 bits per heavy atom.